The normalized spacial score (nSPS) is 20.6. The van der Waals surface area contributed by atoms with Crippen molar-refractivity contribution in [1.82, 2.24) is 20.1 Å². The molecule has 2 aromatic carbocycles. The van der Waals surface area contributed by atoms with Crippen LogP contribution in [0.4, 0.5) is 4.39 Å². The van der Waals surface area contributed by atoms with E-state index in [1.165, 1.54) is 17.7 Å². The predicted molar refractivity (Wildman–Crippen MR) is 129 cm³/mol. The molecule has 3 aliphatic rings. The number of aromatic nitrogens is 1. The van der Waals surface area contributed by atoms with E-state index in [9.17, 15) is 23.6 Å². The van der Waals surface area contributed by atoms with Crippen LogP contribution < -0.4 is 5.32 Å². The molecular formula is C27H23FN4O4. The van der Waals surface area contributed by atoms with Crippen molar-refractivity contribution in [3.05, 3.63) is 76.7 Å². The van der Waals surface area contributed by atoms with Gasteiger partial charge in [-0.3, -0.25) is 34.3 Å². The third-order valence-corrected chi connectivity index (χ3v) is 7.19. The maximum atomic E-state index is 13.5. The molecule has 0 radical (unpaired) electrons. The van der Waals surface area contributed by atoms with Gasteiger partial charge in [0.05, 0.1) is 11.1 Å². The van der Waals surface area contributed by atoms with E-state index in [2.05, 4.69) is 21.3 Å². The highest BCUT2D eigenvalue weighted by atomic mass is 19.1. The van der Waals surface area contributed by atoms with Gasteiger partial charge in [-0.2, -0.15) is 0 Å². The van der Waals surface area contributed by atoms with Crippen molar-refractivity contribution in [3.8, 4) is 0 Å². The molecule has 9 heteroatoms. The summed E-state index contributed by atoms with van der Waals surface area (Å²) in [5, 5.41) is 3.21. The second kappa shape index (κ2) is 8.53. The third kappa shape index (κ3) is 3.72. The highest BCUT2D eigenvalue weighted by molar-refractivity contribution is 6.23. The SMILES string of the molecule is O=C1CCC(N2C(=O)c3ccc(CN4CC=C(c5c[nH]c6cc(F)ccc56)CC4)cc3C2=O)C(=O)N1. The van der Waals surface area contributed by atoms with Crippen molar-refractivity contribution in [3.63, 3.8) is 0 Å². The minimum Gasteiger partial charge on any atom is -0.360 e. The van der Waals surface area contributed by atoms with Gasteiger partial charge < -0.3 is 4.98 Å². The van der Waals surface area contributed by atoms with E-state index in [0.717, 1.165) is 46.4 Å². The number of aromatic amines is 1. The number of nitrogens with one attached hydrogen (secondary N) is 2. The zero-order chi connectivity index (χ0) is 25.0. The van der Waals surface area contributed by atoms with Crippen molar-refractivity contribution in [1.29, 1.82) is 0 Å². The Labute approximate surface area is 205 Å². The molecular weight excluding hydrogens is 463 g/mol. The van der Waals surface area contributed by atoms with Crippen molar-refractivity contribution in [2.45, 2.75) is 31.8 Å². The first-order valence-corrected chi connectivity index (χ1v) is 11.9. The van der Waals surface area contributed by atoms with Crippen LogP contribution in [0.3, 0.4) is 0 Å². The second-order valence-electron chi connectivity index (χ2n) is 9.43. The van der Waals surface area contributed by atoms with Crippen LogP contribution in [0.5, 0.6) is 0 Å². The molecule has 1 aromatic heterocycles. The van der Waals surface area contributed by atoms with E-state index in [1.54, 1.807) is 18.2 Å². The molecule has 0 spiro atoms. The Morgan fingerprint density at radius 2 is 1.78 bits per heavy atom. The van der Waals surface area contributed by atoms with Gasteiger partial charge in [0.25, 0.3) is 11.8 Å². The third-order valence-electron chi connectivity index (χ3n) is 7.19. The summed E-state index contributed by atoms with van der Waals surface area (Å²) in [6, 6.07) is 9.01. The predicted octanol–water partition coefficient (Wildman–Crippen LogP) is 3.00. The smallest absolute Gasteiger partial charge is 0.262 e. The number of piperidine rings is 1. The summed E-state index contributed by atoms with van der Waals surface area (Å²) in [4.78, 5) is 56.1. The standard InChI is InChI=1S/C27H23FN4O4/c28-17-2-4-18-21(13-29-22(18)12-17)16-7-9-31(10-8-16)14-15-1-3-19-20(11-15)27(36)32(26(19)35)23-5-6-24(33)30-25(23)34/h1-4,7,11-13,23,29H,5-6,8-10,14H2,(H,30,33,34). The maximum absolute atomic E-state index is 13.5. The number of halogens is 1. The Hall–Kier alpha value is -4.11. The maximum Gasteiger partial charge on any atom is 0.262 e. The monoisotopic (exact) mass is 486 g/mol. The number of hydrogen-bond donors (Lipinski definition) is 2. The van der Waals surface area contributed by atoms with Gasteiger partial charge in [0, 0.05) is 48.7 Å². The number of rotatable bonds is 4. The molecule has 8 nitrogen and oxygen atoms in total. The lowest BCUT2D eigenvalue weighted by atomic mass is 9.98. The number of benzene rings is 2. The number of carbonyl (C=O) groups is 4. The van der Waals surface area contributed by atoms with Crippen LogP contribution in [-0.2, 0) is 16.1 Å². The summed E-state index contributed by atoms with van der Waals surface area (Å²) < 4.78 is 13.5. The van der Waals surface area contributed by atoms with Crippen LogP contribution in [0.15, 0.2) is 48.7 Å². The Balaban J connectivity index is 1.17. The summed E-state index contributed by atoms with van der Waals surface area (Å²) in [5.74, 6) is -2.28. The number of hydrogen-bond acceptors (Lipinski definition) is 5. The van der Waals surface area contributed by atoms with E-state index in [-0.39, 0.29) is 24.2 Å². The molecule has 1 saturated heterocycles. The minimum absolute atomic E-state index is 0.0922. The van der Waals surface area contributed by atoms with E-state index in [0.29, 0.717) is 12.1 Å². The van der Waals surface area contributed by atoms with Gasteiger partial charge in [0.1, 0.15) is 11.9 Å². The van der Waals surface area contributed by atoms with Gasteiger partial charge in [-0.05, 0) is 54.3 Å². The average molecular weight is 487 g/mol. The van der Waals surface area contributed by atoms with Crippen molar-refractivity contribution >= 4 is 40.1 Å². The van der Waals surface area contributed by atoms with E-state index in [1.807, 2.05) is 12.3 Å². The quantitative estimate of drug-likeness (QED) is 0.552. The molecule has 3 aliphatic heterocycles. The lowest BCUT2D eigenvalue weighted by Crippen LogP contribution is -2.54. The first-order chi connectivity index (χ1) is 17.4. The first-order valence-electron chi connectivity index (χ1n) is 11.9. The summed E-state index contributed by atoms with van der Waals surface area (Å²) in [5.41, 5.74) is 4.54. The molecule has 4 heterocycles. The fourth-order valence-electron chi connectivity index (χ4n) is 5.34. The molecule has 0 bridgehead atoms. The lowest BCUT2D eigenvalue weighted by Gasteiger charge is -2.27. The Morgan fingerprint density at radius 1 is 0.944 bits per heavy atom. The fraction of sp³-hybridized carbons (Fsp3) is 0.259. The van der Waals surface area contributed by atoms with Gasteiger partial charge in [0.2, 0.25) is 11.8 Å². The van der Waals surface area contributed by atoms with Gasteiger partial charge >= 0.3 is 0 Å². The molecule has 4 amide bonds. The van der Waals surface area contributed by atoms with E-state index < -0.39 is 29.7 Å². The van der Waals surface area contributed by atoms with E-state index in [4.69, 9.17) is 0 Å². The van der Waals surface area contributed by atoms with Gasteiger partial charge in [-0.1, -0.05) is 12.1 Å². The van der Waals surface area contributed by atoms with Crippen LogP contribution in [-0.4, -0.2) is 57.5 Å². The number of carbonyl (C=O) groups excluding carboxylic acids is 4. The summed E-state index contributed by atoms with van der Waals surface area (Å²) in [6.45, 7) is 2.14. The average Bonchev–Trinajstić information content (AvgIpc) is 3.38. The van der Waals surface area contributed by atoms with Crippen molar-refractivity contribution in [2.75, 3.05) is 13.1 Å². The molecule has 2 N–H and O–H groups in total. The van der Waals surface area contributed by atoms with Gasteiger partial charge in [-0.25, -0.2) is 4.39 Å². The topological polar surface area (TPSA) is 103 Å². The zero-order valence-corrected chi connectivity index (χ0v) is 19.3. The minimum atomic E-state index is -0.967. The number of amides is 4. The van der Waals surface area contributed by atoms with Gasteiger partial charge in [0.15, 0.2) is 0 Å². The van der Waals surface area contributed by atoms with Crippen molar-refractivity contribution in [2.24, 2.45) is 0 Å². The van der Waals surface area contributed by atoms with Gasteiger partial charge in [-0.15, -0.1) is 0 Å². The second-order valence-corrected chi connectivity index (χ2v) is 9.43. The molecule has 6 rings (SSSR count). The highest BCUT2D eigenvalue weighted by Crippen LogP contribution is 2.31. The molecule has 0 aliphatic carbocycles. The summed E-state index contributed by atoms with van der Waals surface area (Å²) in [6.07, 6.45) is 5.15. The van der Waals surface area contributed by atoms with Crippen LogP contribution in [0.1, 0.15) is 51.1 Å². The molecule has 0 saturated carbocycles. The van der Waals surface area contributed by atoms with Crippen molar-refractivity contribution < 1.29 is 23.6 Å². The highest BCUT2D eigenvalue weighted by Gasteiger charge is 2.44. The molecule has 36 heavy (non-hydrogen) atoms. The number of H-pyrrole nitrogens is 1. The zero-order valence-electron chi connectivity index (χ0n) is 19.3. The summed E-state index contributed by atoms with van der Waals surface area (Å²) in [7, 11) is 0. The molecule has 3 aromatic rings. The molecule has 1 atom stereocenters. The number of imide groups is 2. The fourth-order valence-corrected chi connectivity index (χ4v) is 5.34. The number of nitrogens with zero attached hydrogens (tertiary/aromatic N) is 2. The lowest BCUT2D eigenvalue weighted by molar-refractivity contribution is -0.136. The van der Waals surface area contributed by atoms with E-state index >= 15 is 0 Å². The Bertz CT molecular complexity index is 1490. The molecule has 1 unspecified atom stereocenters. The molecule has 1 fully saturated rings. The number of fused-ring (bicyclic) bond motifs is 2. The van der Waals surface area contributed by atoms with Crippen LogP contribution in [0, 0.1) is 5.82 Å². The largest absolute Gasteiger partial charge is 0.360 e. The van der Waals surface area contributed by atoms with Crippen LogP contribution in [0.25, 0.3) is 16.5 Å². The van der Waals surface area contributed by atoms with Crippen LogP contribution in [0.2, 0.25) is 0 Å². The van der Waals surface area contributed by atoms with Crippen LogP contribution >= 0.6 is 0 Å². The molecule has 182 valence electrons. The summed E-state index contributed by atoms with van der Waals surface area (Å²) >= 11 is 0. The Morgan fingerprint density at radius 3 is 2.56 bits per heavy atom. The Kier molecular flexibility index (Phi) is 5.30. The first kappa shape index (κ1) is 22.4.